The lowest BCUT2D eigenvalue weighted by atomic mass is 9.95. The van der Waals surface area contributed by atoms with E-state index in [0.29, 0.717) is 18.5 Å². The largest absolute Gasteiger partial charge is 0.460 e. The summed E-state index contributed by atoms with van der Waals surface area (Å²) < 4.78 is 179. The summed E-state index contributed by atoms with van der Waals surface area (Å²) in [5.41, 5.74) is 0.311. The molecule has 182 valence electrons. The van der Waals surface area contributed by atoms with Gasteiger partial charge < -0.3 is 10.5 Å². The first-order valence-electron chi connectivity index (χ1n) is 7.78. The second-order valence-electron chi connectivity index (χ2n) is 6.02. The van der Waals surface area contributed by atoms with Gasteiger partial charge in [0.1, 0.15) is 16.9 Å². The standard InChI is InChI=1S/C16H5F13N2O2/c17-7-6(13(21,22)14(23,24)15(25,26)16(27,28)29)11(10(20)9(19)8(7)18)33-5-1-2-31-3-4(5)12(30)32/h1-3H,(H2,30,32). The summed E-state index contributed by atoms with van der Waals surface area (Å²) in [6.45, 7) is 0. The molecule has 4 nitrogen and oxygen atoms in total. The van der Waals surface area contributed by atoms with Crippen LogP contribution in [0.3, 0.4) is 0 Å². The van der Waals surface area contributed by atoms with E-state index >= 15 is 0 Å². The molecule has 0 aliphatic rings. The Hall–Kier alpha value is -3.27. The van der Waals surface area contributed by atoms with E-state index in [1.807, 2.05) is 0 Å². The Labute approximate surface area is 172 Å². The number of amides is 1. The fourth-order valence-corrected chi connectivity index (χ4v) is 2.29. The third-order valence-corrected chi connectivity index (χ3v) is 3.94. The van der Waals surface area contributed by atoms with Gasteiger partial charge in [0.2, 0.25) is 11.6 Å². The van der Waals surface area contributed by atoms with Gasteiger partial charge in [0, 0.05) is 12.4 Å². The van der Waals surface area contributed by atoms with Crippen molar-refractivity contribution in [3.8, 4) is 11.5 Å². The zero-order valence-electron chi connectivity index (χ0n) is 15.0. The summed E-state index contributed by atoms with van der Waals surface area (Å²) in [7, 11) is 0. The molecular formula is C16H5F13N2O2. The minimum atomic E-state index is -7.60. The molecule has 0 unspecified atom stereocenters. The second kappa shape index (κ2) is 7.95. The predicted octanol–water partition coefficient (Wildman–Crippen LogP) is 5.45. The number of pyridine rings is 1. The van der Waals surface area contributed by atoms with Gasteiger partial charge in [-0.3, -0.25) is 9.78 Å². The molecule has 1 amide bonds. The first kappa shape index (κ1) is 26.0. The van der Waals surface area contributed by atoms with Crippen LogP contribution in [-0.4, -0.2) is 28.9 Å². The Morgan fingerprint density at radius 1 is 0.818 bits per heavy atom. The summed E-state index contributed by atoms with van der Waals surface area (Å²) in [5.74, 6) is -40.6. The van der Waals surface area contributed by atoms with Gasteiger partial charge in [0.05, 0.1) is 0 Å². The Morgan fingerprint density at radius 2 is 1.33 bits per heavy atom. The number of primary amides is 1. The van der Waals surface area contributed by atoms with Crippen molar-refractivity contribution in [1.29, 1.82) is 0 Å². The van der Waals surface area contributed by atoms with Gasteiger partial charge in [-0.25, -0.2) is 13.2 Å². The smallest absolute Gasteiger partial charge is 0.453 e. The SMILES string of the molecule is NC(=O)c1cnccc1Oc1c(F)c(F)c(F)c(F)c1C(F)(F)C(F)(F)C(F)(F)C(F)(F)F. The highest BCUT2D eigenvalue weighted by atomic mass is 19.4. The molecule has 0 fully saturated rings. The van der Waals surface area contributed by atoms with E-state index < -0.39 is 75.7 Å². The summed E-state index contributed by atoms with van der Waals surface area (Å²) >= 11 is 0. The number of halogens is 13. The minimum absolute atomic E-state index is 0.448. The normalized spacial score (nSPS) is 13.2. The van der Waals surface area contributed by atoms with Gasteiger partial charge in [-0.2, -0.15) is 43.9 Å². The van der Waals surface area contributed by atoms with Crippen molar-refractivity contribution in [2.75, 3.05) is 0 Å². The van der Waals surface area contributed by atoms with E-state index in [1.165, 1.54) is 0 Å². The van der Waals surface area contributed by atoms with E-state index in [4.69, 9.17) is 5.73 Å². The van der Waals surface area contributed by atoms with Crippen LogP contribution in [0.25, 0.3) is 0 Å². The van der Waals surface area contributed by atoms with Crippen molar-refractivity contribution in [3.63, 3.8) is 0 Å². The predicted molar refractivity (Wildman–Crippen MR) is 78.9 cm³/mol. The molecule has 2 N–H and O–H groups in total. The maximum absolute atomic E-state index is 14.3. The Balaban J connectivity index is 2.91. The average molecular weight is 504 g/mol. The molecule has 0 spiro atoms. The van der Waals surface area contributed by atoms with Crippen LogP contribution in [-0.2, 0) is 5.92 Å². The fourth-order valence-electron chi connectivity index (χ4n) is 2.29. The van der Waals surface area contributed by atoms with Crippen molar-refractivity contribution >= 4 is 5.91 Å². The fraction of sp³-hybridized carbons (Fsp3) is 0.250. The lowest BCUT2D eigenvalue weighted by Gasteiger charge is -2.34. The van der Waals surface area contributed by atoms with E-state index in [2.05, 4.69) is 9.72 Å². The van der Waals surface area contributed by atoms with Crippen LogP contribution in [0.4, 0.5) is 57.1 Å². The summed E-state index contributed by atoms with van der Waals surface area (Å²) in [6.07, 6.45) is -6.24. The molecule has 2 aromatic rings. The molecule has 1 heterocycles. The van der Waals surface area contributed by atoms with Crippen LogP contribution in [0.2, 0.25) is 0 Å². The molecule has 0 aliphatic heterocycles. The van der Waals surface area contributed by atoms with E-state index in [-0.39, 0.29) is 0 Å². The minimum Gasteiger partial charge on any atom is -0.453 e. The Bertz CT molecular complexity index is 1100. The first-order valence-corrected chi connectivity index (χ1v) is 7.78. The quantitative estimate of drug-likeness (QED) is 0.323. The lowest BCUT2D eigenvalue weighted by molar-refractivity contribution is -0.400. The molecule has 0 radical (unpaired) electrons. The van der Waals surface area contributed by atoms with Crippen molar-refractivity contribution in [2.45, 2.75) is 23.9 Å². The Morgan fingerprint density at radius 3 is 1.82 bits per heavy atom. The van der Waals surface area contributed by atoms with Crippen molar-refractivity contribution < 1.29 is 66.6 Å². The van der Waals surface area contributed by atoms with Crippen LogP contribution in [0.1, 0.15) is 15.9 Å². The van der Waals surface area contributed by atoms with Crippen molar-refractivity contribution in [1.82, 2.24) is 4.98 Å². The van der Waals surface area contributed by atoms with E-state index in [0.717, 1.165) is 0 Å². The molecule has 0 saturated heterocycles. The number of rotatable bonds is 6. The van der Waals surface area contributed by atoms with Gasteiger partial charge in [-0.1, -0.05) is 0 Å². The van der Waals surface area contributed by atoms with Gasteiger partial charge >= 0.3 is 23.9 Å². The number of hydrogen-bond acceptors (Lipinski definition) is 3. The molecular weight excluding hydrogens is 499 g/mol. The molecule has 17 heteroatoms. The maximum atomic E-state index is 14.3. The van der Waals surface area contributed by atoms with Crippen LogP contribution >= 0.6 is 0 Å². The maximum Gasteiger partial charge on any atom is 0.460 e. The number of carbonyl (C=O) groups is 1. The van der Waals surface area contributed by atoms with Crippen molar-refractivity contribution in [3.05, 3.63) is 52.9 Å². The van der Waals surface area contributed by atoms with Crippen molar-refractivity contribution in [2.24, 2.45) is 5.73 Å². The van der Waals surface area contributed by atoms with Crippen LogP contribution < -0.4 is 10.5 Å². The van der Waals surface area contributed by atoms with E-state index in [1.54, 1.807) is 0 Å². The monoisotopic (exact) mass is 504 g/mol. The average Bonchev–Trinajstić information content (AvgIpc) is 2.69. The number of nitrogens with two attached hydrogens (primary N) is 1. The number of nitrogens with zero attached hydrogens (tertiary/aromatic N) is 1. The zero-order chi connectivity index (χ0) is 25.7. The highest BCUT2D eigenvalue weighted by molar-refractivity contribution is 5.95. The molecule has 1 aromatic carbocycles. The van der Waals surface area contributed by atoms with Crippen LogP contribution in [0.15, 0.2) is 18.5 Å². The third kappa shape index (κ3) is 3.88. The summed E-state index contributed by atoms with van der Waals surface area (Å²) in [5, 5.41) is 0. The number of ether oxygens (including phenoxy) is 1. The highest BCUT2D eigenvalue weighted by Gasteiger charge is 2.83. The van der Waals surface area contributed by atoms with Crippen LogP contribution in [0.5, 0.6) is 11.5 Å². The van der Waals surface area contributed by atoms with Gasteiger partial charge in [-0.05, 0) is 6.07 Å². The van der Waals surface area contributed by atoms with Gasteiger partial charge in [0.15, 0.2) is 17.4 Å². The molecule has 0 atom stereocenters. The number of aromatic nitrogens is 1. The number of hydrogen-bond donors (Lipinski definition) is 1. The highest BCUT2D eigenvalue weighted by Crippen LogP contribution is 2.59. The Kier molecular flexibility index (Phi) is 6.26. The first-order chi connectivity index (χ1) is 14.8. The lowest BCUT2D eigenvalue weighted by Crippen LogP contribution is -2.59. The molecule has 0 bridgehead atoms. The molecule has 1 aromatic heterocycles. The summed E-state index contributed by atoms with van der Waals surface area (Å²) in [4.78, 5) is 14.6. The number of carbonyl (C=O) groups excluding carboxylic acids is 1. The number of benzene rings is 1. The van der Waals surface area contributed by atoms with Gasteiger partial charge in [-0.15, -0.1) is 0 Å². The number of alkyl halides is 9. The molecule has 33 heavy (non-hydrogen) atoms. The van der Waals surface area contributed by atoms with Crippen LogP contribution in [0, 0.1) is 23.3 Å². The van der Waals surface area contributed by atoms with Gasteiger partial charge in [0.25, 0.3) is 5.91 Å². The zero-order valence-corrected chi connectivity index (χ0v) is 15.0. The van der Waals surface area contributed by atoms with E-state index in [9.17, 15) is 61.9 Å². The summed E-state index contributed by atoms with van der Waals surface area (Å²) in [6, 6.07) is 0.448. The molecule has 0 aliphatic carbocycles. The second-order valence-corrected chi connectivity index (χ2v) is 6.02. The third-order valence-electron chi connectivity index (χ3n) is 3.94. The topological polar surface area (TPSA) is 65.2 Å². The molecule has 0 saturated carbocycles. The molecule has 2 rings (SSSR count).